The van der Waals surface area contributed by atoms with Crippen LogP contribution in [0.5, 0.6) is 17.2 Å². The molecular formula is C42H38BClN4O9S. The number of hydrogen-bond donors (Lipinski definition) is 3. The van der Waals surface area contributed by atoms with Crippen molar-refractivity contribution in [2.75, 3.05) is 24.0 Å². The smallest absolute Gasteiger partial charge is 0.488 e. The number of rotatable bonds is 7. The number of aryl methyl sites for hydroxylation is 2. The minimum absolute atomic E-state index is 0.0902. The van der Waals surface area contributed by atoms with Gasteiger partial charge in [0.1, 0.15) is 28.8 Å². The number of amides is 4. The molecule has 9 rings (SSSR count). The molecule has 58 heavy (non-hydrogen) atoms. The Bertz CT molecular complexity index is 2630. The van der Waals surface area contributed by atoms with E-state index in [4.69, 9.17) is 26.2 Å². The van der Waals surface area contributed by atoms with E-state index in [0.29, 0.717) is 21.9 Å². The van der Waals surface area contributed by atoms with Gasteiger partial charge in [0, 0.05) is 46.5 Å². The van der Waals surface area contributed by atoms with Gasteiger partial charge in [0.15, 0.2) is 0 Å². The van der Waals surface area contributed by atoms with Gasteiger partial charge in [-0.25, -0.2) is 4.90 Å². The third-order valence-electron chi connectivity index (χ3n) is 12.7. The van der Waals surface area contributed by atoms with Crippen molar-refractivity contribution < 1.29 is 43.8 Å². The third-order valence-corrected chi connectivity index (χ3v) is 14.3. The van der Waals surface area contributed by atoms with Gasteiger partial charge < -0.3 is 24.6 Å². The first-order valence-corrected chi connectivity index (χ1v) is 20.0. The molecule has 2 aliphatic carbocycles. The molecule has 4 amide bonds. The van der Waals surface area contributed by atoms with E-state index in [-0.39, 0.29) is 47.1 Å². The minimum Gasteiger partial charge on any atom is -0.508 e. The maximum Gasteiger partial charge on any atom is 0.488 e. The van der Waals surface area contributed by atoms with E-state index < -0.39 is 65.8 Å². The van der Waals surface area contributed by atoms with Crippen molar-refractivity contribution in [3.05, 3.63) is 88.5 Å². The number of allylic oxidation sites excluding steroid dienone is 2. The van der Waals surface area contributed by atoms with Crippen molar-refractivity contribution in [1.29, 1.82) is 0 Å². The minimum atomic E-state index is -1.81. The van der Waals surface area contributed by atoms with E-state index in [1.165, 1.54) is 59.4 Å². The fraction of sp³-hybridized carbons (Fsp3) is 0.310. The molecule has 16 heteroatoms. The number of carbonyl (C=O) groups excluding carboxylic acids is 4. The summed E-state index contributed by atoms with van der Waals surface area (Å²) in [7, 11) is 2.74. The number of ether oxygens (including phenoxy) is 2. The van der Waals surface area contributed by atoms with Crippen LogP contribution in [0.3, 0.4) is 0 Å². The number of methoxy groups -OCH3 is 2. The van der Waals surface area contributed by atoms with Crippen LogP contribution in [0.1, 0.15) is 36.8 Å². The maximum absolute atomic E-state index is 15.3. The topological polar surface area (TPSA) is 172 Å². The lowest BCUT2D eigenvalue weighted by atomic mass is 9.51. The summed E-state index contributed by atoms with van der Waals surface area (Å²) < 4.78 is 14.2. The molecule has 3 fully saturated rings. The highest BCUT2D eigenvalue weighted by Crippen LogP contribution is 2.66. The molecule has 0 bridgehead atoms. The largest absolute Gasteiger partial charge is 0.508 e. The number of hydrogen-bond acceptors (Lipinski definition) is 11. The Balaban J connectivity index is 1.18. The molecule has 5 aromatic rings. The molecule has 6 atom stereocenters. The summed E-state index contributed by atoms with van der Waals surface area (Å²) >= 11 is 7.86. The molecule has 6 unspecified atom stereocenters. The van der Waals surface area contributed by atoms with Crippen molar-refractivity contribution in [2.45, 2.75) is 32.6 Å². The molecule has 2 aliphatic heterocycles. The number of nitrogens with zero attached hydrogens (tertiary/aromatic N) is 4. The number of phenolic OH excluding ortho intramolecular Hbond substituents is 1. The van der Waals surface area contributed by atoms with Crippen LogP contribution in [0.2, 0.25) is 5.02 Å². The first-order valence-electron chi connectivity index (χ1n) is 18.8. The lowest BCUT2D eigenvalue weighted by Crippen LogP contribution is -2.49. The lowest BCUT2D eigenvalue weighted by Gasteiger charge is -2.49. The highest BCUT2D eigenvalue weighted by molar-refractivity contribution is 7.22. The van der Waals surface area contributed by atoms with Crippen molar-refractivity contribution in [2.24, 2.45) is 36.1 Å². The van der Waals surface area contributed by atoms with Crippen LogP contribution >= 0.6 is 22.9 Å². The number of fused-ring (bicyclic) bond motifs is 5. The molecule has 296 valence electrons. The number of halogens is 1. The van der Waals surface area contributed by atoms with E-state index >= 15 is 9.59 Å². The first kappa shape index (κ1) is 38.1. The average Bonchev–Trinajstić information content (AvgIpc) is 3.87. The van der Waals surface area contributed by atoms with Gasteiger partial charge in [-0.3, -0.25) is 28.8 Å². The Hall–Kier alpha value is -5.48. The van der Waals surface area contributed by atoms with E-state index in [9.17, 15) is 24.7 Å². The number of imide groups is 2. The molecule has 4 heterocycles. The van der Waals surface area contributed by atoms with Gasteiger partial charge >= 0.3 is 7.12 Å². The highest BCUT2D eigenvalue weighted by atomic mass is 35.5. The fourth-order valence-corrected chi connectivity index (χ4v) is 11.4. The van der Waals surface area contributed by atoms with Gasteiger partial charge in [-0.2, -0.15) is 5.10 Å². The van der Waals surface area contributed by atoms with Crippen LogP contribution < -0.4 is 24.7 Å². The Morgan fingerprint density at radius 3 is 2.34 bits per heavy atom. The molecule has 0 spiro atoms. The van der Waals surface area contributed by atoms with Crippen LogP contribution in [-0.4, -0.2) is 69.9 Å². The second-order valence-electron chi connectivity index (χ2n) is 15.6. The summed E-state index contributed by atoms with van der Waals surface area (Å²) in [6.45, 7) is 3.74. The number of aromatic hydroxyl groups is 1. The molecule has 4 aliphatic rings. The molecular weight excluding hydrogens is 783 g/mol. The van der Waals surface area contributed by atoms with Gasteiger partial charge in [0.2, 0.25) is 23.6 Å². The first-order chi connectivity index (χ1) is 27.7. The molecule has 1 saturated carbocycles. The summed E-state index contributed by atoms with van der Waals surface area (Å²) in [6.07, 6.45) is 2.18. The number of anilines is 2. The molecule has 13 nitrogen and oxygen atoms in total. The Morgan fingerprint density at radius 1 is 0.931 bits per heavy atom. The molecule has 3 aromatic carbocycles. The van der Waals surface area contributed by atoms with Crippen LogP contribution in [0, 0.1) is 36.0 Å². The quantitative estimate of drug-likeness (QED) is 0.114. The molecule has 3 N–H and O–H groups in total. The van der Waals surface area contributed by atoms with Crippen molar-refractivity contribution in [3.8, 4) is 27.8 Å². The zero-order valence-electron chi connectivity index (χ0n) is 32.1. The summed E-state index contributed by atoms with van der Waals surface area (Å²) in [5.74, 6) is -5.44. The molecule has 2 aromatic heterocycles. The second-order valence-corrected chi connectivity index (χ2v) is 17.1. The van der Waals surface area contributed by atoms with Crippen molar-refractivity contribution in [1.82, 2.24) is 9.78 Å². The average molecular weight is 821 g/mol. The van der Waals surface area contributed by atoms with Crippen LogP contribution in [0.25, 0.3) is 20.7 Å². The number of thiophene rings is 1. The van der Waals surface area contributed by atoms with E-state index in [0.717, 1.165) is 25.4 Å². The zero-order chi connectivity index (χ0) is 41.1. The number of carbonyl (C=O) groups is 4. The van der Waals surface area contributed by atoms with Gasteiger partial charge in [-0.15, -0.1) is 11.3 Å². The van der Waals surface area contributed by atoms with Gasteiger partial charge in [-0.05, 0) is 79.4 Å². The van der Waals surface area contributed by atoms with Crippen LogP contribution in [0.15, 0.2) is 72.3 Å². The lowest BCUT2D eigenvalue weighted by molar-refractivity contribution is -0.131. The third kappa shape index (κ3) is 5.33. The zero-order valence-corrected chi connectivity index (χ0v) is 33.7. The predicted molar refractivity (Wildman–Crippen MR) is 218 cm³/mol. The number of aromatic nitrogens is 2. The number of benzene rings is 3. The maximum atomic E-state index is 15.3. The summed E-state index contributed by atoms with van der Waals surface area (Å²) in [5.41, 5.74) is 1.54. The van der Waals surface area contributed by atoms with E-state index in [1.54, 1.807) is 32.2 Å². The fourth-order valence-electron chi connectivity index (χ4n) is 10.0. The number of phenols is 1. The van der Waals surface area contributed by atoms with Crippen molar-refractivity contribution in [3.63, 3.8) is 0 Å². The highest BCUT2D eigenvalue weighted by Gasteiger charge is 2.68. The molecule has 2 saturated heterocycles. The summed E-state index contributed by atoms with van der Waals surface area (Å²) in [5, 5.41) is 36.8. The standard InChI is InChI=1S/C42H38BClN4O9S/c1-19-26-14-21(44)9-12-32(26)58-37(19)29-18-33(46(3)45-29)48-39(51)28-17-27-24(36(42(28,2)41(48)53)35-30(56-4)15-23(49)16-31(35)57-5)10-11-25-34(27)40(52)47(38(25)50)22-8-6-7-20(13-22)43(54)55/h6-10,12-16,18,25,27-28,34,36,49,54-55H,11,17H2,1-5H3. The summed E-state index contributed by atoms with van der Waals surface area (Å²) in [4.78, 5) is 62.3. The van der Waals surface area contributed by atoms with E-state index in [1.807, 2.05) is 31.2 Å². The molecule has 0 radical (unpaired) electrons. The van der Waals surface area contributed by atoms with Gasteiger partial charge in [-0.1, -0.05) is 35.4 Å². The monoisotopic (exact) mass is 820 g/mol. The Kier molecular flexibility index (Phi) is 8.89. The van der Waals surface area contributed by atoms with Crippen molar-refractivity contribution >= 4 is 80.7 Å². The SMILES string of the molecule is COc1cc(O)cc(OC)c1C1C2=CCC3C(=O)N(c4cccc(B(O)O)c4)C(=O)C3C2CC2C(=O)N(c3cc(-c4sc5ccc(Cl)cc5c4C)nn3C)C(=O)C21C. The Labute approximate surface area is 342 Å². The predicted octanol–water partition coefficient (Wildman–Crippen LogP) is 5.10. The normalized spacial score (nSPS) is 25.2. The van der Waals surface area contributed by atoms with Gasteiger partial charge in [0.25, 0.3) is 0 Å². The Morgan fingerprint density at radius 2 is 1.66 bits per heavy atom. The van der Waals surface area contributed by atoms with Crippen LogP contribution in [0.4, 0.5) is 11.5 Å². The second kappa shape index (κ2) is 13.5. The summed E-state index contributed by atoms with van der Waals surface area (Å²) in [6, 6.07) is 16.3. The van der Waals surface area contributed by atoms with E-state index in [2.05, 4.69) is 0 Å². The van der Waals surface area contributed by atoms with Gasteiger partial charge in [0.05, 0.1) is 48.0 Å². The van der Waals surface area contributed by atoms with Crippen LogP contribution in [-0.2, 0) is 26.2 Å².